The number of primary sulfonamides is 1. The van der Waals surface area contributed by atoms with E-state index in [1.807, 2.05) is 6.92 Å². The van der Waals surface area contributed by atoms with Gasteiger partial charge in [-0.25, -0.2) is 22.0 Å². The van der Waals surface area contributed by atoms with Crippen LogP contribution in [0.2, 0.25) is 36.3 Å². The number of carbonyl (C=O) groups excluding carboxylic acids is 1. The highest BCUT2D eigenvalue weighted by molar-refractivity contribution is 7.94. The van der Waals surface area contributed by atoms with Crippen LogP contribution >= 0.6 is 11.3 Å². The first kappa shape index (κ1) is 54.9. The van der Waals surface area contributed by atoms with Crippen LogP contribution in [0.5, 0.6) is 0 Å². The highest BCUT2D eigenvalue weighted by atomic mass is 32.3. The molecule has 11 nitrogen and oxygen atoms in total. The predicted octanol–water partition coefficient (Wildman–Crippen LogP) is 10.9. The van der Waals surface area contributed by atoms with Gasteiger partial charge in [-0.2, -0.15) is 4.31 Å². The number of fused-ring (bicyclic) bond motifs is 1. The number of thiophene rings is 1. The van der Waals surface area contributed by atoms with Crippen LogP contribution in [0.25, 0.3) is 0 Å². The van der Waals surface area contributed by atoms with E-state index in [1.54, 1.807) is 12.0 Å². The lowest BCUT2D eigenvalue weighted by Gasteiger charge is -2.40. The summed E-state index contributed by atoms with van der Waals surface area (Å²) in [5, 5.41) is 5.65. The Hall–Kier alpha value is -1.74. The number of carbonyl (C=O) groups is 1. The highest BCUT2D eigenvalue weighted by Crippen LogP contribution is 2.49. The van der Waals surface area contributed by atoms with Crippen molar-refractivity contribution in [3.05, 3.63) is 59.7 Å². The molecule has 2 heterocycles. The number of amides is 1. The summed E-state index contributed by atoms with van der Waals surface area (Å²) in [6.07, 6.45) is 13.1. The zero-order chi connectivity index (χ0) is 47.9. The number of ether oxygens (including phenoxy) is 1. The molecule has 16 heteroatoms. The average molecular weight is 983 g/mol. The van der Waals surface area contributed by atoms with Crippen molar-refractivity contribution >= 4 is 53.9 Å². The van der Waals surface area contributed by atoms with E-state index < -0.39 is 42.7 Å². The number of unbranched alkanes of at least 4 members (excludes halogenated alkanes) is 1. The Balaban J connectivity index is 1.52. The van der Waals surface area contributed by atoms with E-state index >= 15 is 0 Å². The van der Waals surface area contributed by atoms with Gasteiger partial charge in [0.25, 0.3) is 10.0 Å². The monoisotopic (exact) mass is 981 g/mol. The minimum atomic E-state index is -4.16. The van der Waals surface area contributed by atoms with Crippen LogP contribution in [-0.2, 0) is 44.9 Å². The lowest BCUT2D eigenvalue weighted by atomic mass is 9.84. The number of nitrogens with two attached hydrogens (primary N) is 1. The van der Waals surface area contributed by atoms with E-state index in [4.69, 9.17) is 18.7 Å². The first-order valence-corrected chi connectivity index (χ1v) is 33.3. The molecule has 4 rings (SSSR count). The molecule has 0 saturated heterocycles. The van der Waals surface area contributed by atoms with Gasteiger partial charge >= 0.3 is 0 Å². The molecular weight excluding hydrogens is 899 g/mol. The normalized spacial score (nSPS) is 22.8. The van der Waals surface area contributed by atoms with Gasteiger partial charge in [-0.15, -0.1) is 11.3 Å². The van der Waals surface area contributed by atoms with Gasteiger partial charge in [0, 0.05) is 45.3 Å². The number of aryl methyl sites for hydroxylation is 1. The van der Waals surface area contributed by atoms with Crippen molar-refractivity contribution in [3.63, 3.8) is 0 Å². The minimum absolute atomic E-state index is 0.0337. The Labute approximate surface area is 394 Å². The van der Waals surface area contributed by atoms with Crippen molar-refractivity contribution in [2.24, 2.45) is 22.9 Å². The number of allylic oxidation sites excluding steroid dienone is 2. The number of benzene rings is 1. The summed E-state index contributed by atoms with van der Waals surface area (Å²) < 4.78 is 73.1. The summed E-state index contributed by atoms with van der Waals surface area (Å²) in [7, 11) is -10.8. The van der Waals surface area contributed by atoms with Crippen LogP contribution in [0.3, 0.4) is 0 Å². The molecule has 2 aliphatic rings. The quantitative estimate of drug-likeness (QED) is 0.0658. The average Bonchev–Trinajstić information content (AvgIpc) is 3.78. The molecule has 0 bridgehead atoms. The summed E-state index contributed by atoms with van der Waals surface area (Å²) in [4.78, 5) is 15.7. The lowest BCUT2D eigenvalue weighted by molar-refractivity contribution is -0.134. The van der Waals surface area contributed by atoms with Crippen molar-refractivity contribution < 1.29 is 35.2 Å². The summed E-state index contributed by atoms with van der Waals surface area (Å²) in [6.45, 7) is 28.6. The number of rotatable bonds is 23. The molecule has 1 aliphatic heterocycles. The number of methoxy groups -OCH3 is 1. The topological polar surface area (TPSA) is 146 Å². The highest BCUT2D eigenvalue weighted by Gasteiger charge is 2.51. The first-order valence-electron chi connectivity index (χ1n) is 23.6. The van der Waals surface area contributed by atoms with Crippen molar-refractivity contribution in [1.82, 2.24) is 9.21 Å². The summed E-state index contributed by atoms with van der Waals surface area (Å²) in [5.41, 5.74) is 1.71. The largest absolute Gasteiger partial charge is 0.414 e. The fourth-order valence-electron chi connectivity index (χ4n) is 8.68. The molecular formula is C48H83N3O8S3Si2. The molecule has 0 radical (unpaired) electrons. The Morgan fingerprint density at radius 1 is 0.969 bits per heavy atom. The van der Waals surface area contributed by atoms with Crippen LogP contribution in [0.4, 0.5) is 0 Å². The van der Waals surface area contributed by atoms with Crippen molar-refractivity contribution in [1.29, 1.82) is 0 Å². The van der Waals surface area contributed by atoms with Gasteiger partial charge in [0.05, 0.1) is 18.2 Å². The Kier molecular flexibility index (Phi) is 19.4. The van der Waals surface area contributed by atoms with Crippen LogP contribution < -0.4 is 5.14 Å². The third kappa shape index (κ3) is 14.2. The third-order valence-electron chi connectivity index (χ3n) is 14.7. The number of sulfonamides is 2. The number of hydrogen-bond acceptors (Lipinski definition) is 9. The molecule has 2 aromatic rings. The maximum atomic E-state index is 14.0. The van der Waals surface area contributed by atoms with Gasteiger partial charge in [0.1, 0.15) is 8.42 Å². The van der Waals surface area contributed by atoms with E-state index in [0.717, 1.165) is 44.9 Å². The van der Waals surface area contributed by atoms with Crippen LogP contribution in [-0.4, -0.2) is 94.1 Å². The molecule has 2 unspecified atom stereocenters. The van der Waals surface area contributed by atoms with E-state index in [1.165, 1.54) is 15.9 Å². The van der Waals surface area contributed by atoms with Gasteiger partial charge in [-0.3, -0.25) is 4.79 Å². The molecule has 64 heavy (non-hydrogen) atoms. The number of nitrogens with zero attached hydrogens (tertiary/aromatic N) is 2. The zero-order valence-corrected chi connectivity index (χ0v) is 45.9. The molecule has 0 spiro atoms. The Morgan fingerprint density at radius 2 is 1.58 bits per heavy atom. The van der Waals surface area contributed by atoms with Crippen molar-refractivity contribution in [2.75, 3.05) is 33.4 Å². The maximum absolute atomic E-state index is 14.0. The van der Waals surface area contributed by atoms with Crippen LogP contribution in [0.1, 0.15) is 130 Å². The van der Waals surface area contributed by atoms with E-state index in [-0.39, 0.29) is 56.1 Å². The first-order chi connectivity index (χ1) is 29.6. The van der Waals surface area contributed by atoms with E-state index in [0.29, 0.717) is 60.6 Å². The molecule has 1 aromatic heterocycles. The van der Waals surface area contributed by atoms with Crippen molar-refractivity contribution in [2.45, 2.75) is 183 Å². The molecule has 364 valence electrons. The molecule has 1 fully saturated rings. The number of hydrogen-bond donors (Lipinski definition) is 1. The molecule has 2 N–H and O–H groups in total. The second-order valence-electron chi connectivity index (χ2n) is 21.5. The molecule has 1 aromatic carbocycles. The zero-order valence-electron chi connectivity index (χ0n) is 41.4. The van der Waals surface area contributed by atoms with Gasteiger partial charge in [-0.05, 0) is 124 Å². The van der Waals surface area contributed by atoms with Gasteiger partial charge < -0.3 is 18.5 Å². The summed E-state index contributed by atoms with van der Waals surface area (Å²) in [6, 6.07) is 11.5. The number of likely N-dealkylation sites (N-methyl/N-ethyl adjacent to an activating group) is 1. The fourth-order valence-corrected chi connectivity index (χ4v) is 15.7. The fraction of sp³-hybridized carbons (Fsp3) is 0.729. The Morgan fingerprint density at radius 3 is 2.14 bits per heavy atom. The summed E-state index contributed by atoms with van der Waals surface area (Å²) >= 11 is 0.652. The van der Waals surface area contributed by atoms with Crippen molar-refractivity contribution in [3.8, 4) is 0 Å². The molecule has 6 atom stereocenters. The van der Waals surface area contributed by atoms with Crippen LogP contribution in [0, 0.1) is 17.8 Å². The minimum Gasteiger partial charge on any atom is -0.414 e. The van der Waals surface area contributed by atoms with Crippen LogP contribution in [0.15, 0.2) is 57.0 Å². The predicted molar refractivity (Wildman–Crippen MR) is 268 cm³/mol. The van der Waals surface area contributed by atoms with Gasteiger partial charge in [-0.1, -0.05) is 97.4 Å². The maximum Gasteiger partial charge on any atom is 0.253 e. The third-order valence-corrected chi connectivity index (χ3v) is 28.6. The summed E-state index contributed by atoms with van der Waals surface area (Å²) in [5.74, 6) is 1.18. The second-order valence-corrected chi connectivity index (χ2v) is 35.9. The second kappa shape index (κ2) is 22.6. The smallest absolute Gasteiger partial charge is 0.253 e. The molecule has 1 amide bonds. The van der Waals surface area contributed by atoms with E-state index in [9.17, 15) is 21.6 Å². The van der Waals surface area contributed by atoms with Gasteiger partial charge in [0.15, 0.2) is 16.6 Å². The standard InChI is InChI=1S/C48H83N3O8S3Si2/c1-14-51(41-35-50(31-22-32-57-9)62(55,56)46-40(41)33-45(60-46)61(49,53)54)44(52)26-21-16-15-20-25-38-39(30-28-36(2)27-29-37-23-18-17-19-24-37)43(59-64(12,13)48(6,7)8)34-42(38)58-63(10,11)47(3,4)5/h15,17-20,23-24,33,36,38-39,41-43H,14,16,21-22,25-32,34-35H2,1-13H3,(H2,49,53,54)/b20-15-/t36-,38-,39-,41?,42+,43?/m1/s1. The van der Waals surface area contributed by atoms with Gasteiger partial charge in [0.2, 0.25) is 15.9 Å². The van der Waals surface area contributed by atoms with E-state index in [2.05, 4.69) is 117 Å². The molecule has 1 saturated carbocycles. The Bertz CT molecular complexity index is 2060. The SMILES string of the molecule is CCN(C(=O)CCC/C=C\C[C@H]1[C@@H](O[Si](C)(C)C(C)(C)C)CC(O[Si](C)(C)C(C)(C)C)[C@@H]1CC[C@H](C)CCc1ccccc1)C1CN(CCCOC)S(=O)(=O)c2sc(S(N)(=O)=O)cc21. The molecule has 1 aliphatic carbocycles. The lowest BCUT2D eigenvalue weighted by Crippen LogP contribution is -2.47.